The van der Waals surface area contributed by atoms with E-state index >= 15 is 0 Å². The summed E-state index contributed by atoms with van der Waals surface area (Å²) in [4.78, 5) is 58.4. The summed E-state index contributed by atoms with van der Waals surface area (Å²) in [6.07, 6.45) is 0.131. The van der Waals surface area contributed by atoms with Gasteiger partial charge in [0.15, 0.2) is 11.5 Å². The van der Waals surface area contributed by atoms with E-state index in [2.05, 4.69) is 15.5 Å². The first-order valence-corrected chi connectivity index (χ1v) is 13.4. The summed E-state index contributed by atoms with van der Waals surface area (Å²) in [5.74, 6) is -2.48. The molecule has 0 aliphatic carbocycles. The summed E-state index contributed by atoms with van der Waals surface area (Å²) < 4.78 is 24.9. The van der Waals surface area contributed by atoms with E-state index in [4.69, 9.17) is 9.47 Å². The lowest BCUT2D eigenvalue weighted by molar-refractivity contribution is -0.395. The average Bonchev–Trinajstić information content (AvgIpc) is 3.00. The van der Waals surface area contributed by atoms with Crippen LogP contribution < -0.4 is 15.0 Å². The smallest absolute Gasteiger partial charge is 0.311 e. The number of carbonyl (C=O) groups excluding carboxylic acids is 3. The summed E-state index contributed by atoms with van der Waals surface area (Å²) in [6, 6.07) is 13.1. The number of amides is 1. The standard InChI is InChI=1S/C29H29FN6O9/c1-4-20(38)17-45-29(39)10-11-34(16-19-8-6-5-7-9-19)27-13-22(31-18(2)37)23(14-28(27)44-3)32-33-24-12-21(30)25(35(40)41)15-26(24)36(42)43/h5-9,12-15H,4,10-11,16-17H2,1-3H3,(H,31,37). The van der Waals surface area contributed by atoms with Crippen LogP contribution in [-0.2, 0) is 25.7 Å². The Morgan fingerprint density at radius 3 is 2.24 bits per heavy atom. The molecule has 0 saturated heterocycles. The molecule has 0 atom stereocenters. The quantitative estimate of drug-likeness (QED) is 0.0914. The van der Waals surface area contributed by atoms with Gasteiger partial charge in [0.1, 0.15) is 18.0 Å². The molecule has 0 radical (unpaired) electrons. The third kappa shape index (κ3) is 9.34. The molecular weight excluding hydrogens is 595 g/mol. The van der Waals surface area contributed by atoms with Crippen LogP contribution in [-0.4, -0.2) is 47.8 Å². The Bertz CT molecular complexity index is 1630. The molecule has 45 heavy (non-hydrogen) atoms. The van der Waals surface area contributed by atoms with Crippen molar-refractivity contribution >= 4 is 51.8 Å². The van der Waals surface area contributed by atoms with Crippen molar-refractivity contribution in [2.75, 3.05) is 30.5 Å². The number of ether oxygens (including phenoxy) is 2. The van der Waals surface area contributed by atoms with Crippen LogP contribution in [0.5, 0.6) is 5.75 Å². The summed E-state index contributed by atoms with van der Waals surface area (Å²) in [5, 5.41) is 32.9. The van der Waals surface area contributed by atoms with E-state index in [0.29, 0.717) is 17.8 Å². The number of nitro benzene ring substituents is 2. The van der Waals surface area contributed by atoms with Gasteiger partial charge in [-0.1, -0.05) is 37.3 Å². The lowest BCUT2D eigenvalue weighted by atomic mass is 10.1. The molecule has 0 saturated carbocycles. The van der Waals surface area contributed by atoms with Gasteiger partial charge >= 0.3 is 17.3 Å². The van der Waals surface area contributed by atoms with E-state index in [1.54, 1.807) is 11.8 Å². The zero-order chi connectivity index (χ0) is 33.1. The van der Waals surface area contributed by atoms with E-state index in [0.717, 1.165) is 5.56 Å². The SMILES string of the molecule is CCC(=O)COC(=O)CCN(Cc1ccccc1)c1cc(NC(C)=O)c(N=Nc2cc(F)c([N+](=O)[O-])cc2[N+](=O)[O-])cc1OC. The Morgan fingerprint density at radius 1 is 0.978 bits per heavy atom. The molecule has 3 aromatic carbocycles. The highest BCUT2D eigenvalue weighted by Gasteiger charge is 2.25. The Hall–Kier alpha value is -5.80. The van der Waals surface area contributed by atoms with Gasteiger partial charge in [0, 0.05) is 38.6 Å². The minimum atomic E-state index is -1.36. The van der Waals surface area contributed by atoms with Crippen LogP contribution in [0.3, 0.4) is 0 Å². The molecule has 0 spiro atoms. The van der Waals surface area contributed by atoms with Crippen LogP contribution in [0.2, 0.25) is 0 Å². The van der Waals surface area contributed by atoms with Gasteiger partial charge in [0.25, 0.3) is 0 Å². The van der Waals surface area contributed by atoms with E-state index in [1.165, 1.54) is 26.2 Å². The highest BCUT2D eigenvalue weighted by Crippen LogP contribution is 2.41. The molecule has 0 aliphatic heterocycles. The highest BCUT2D eigenvalue weighted by molar-refractivity contribution is 5.94. The van der Waals surface area contributed by atoms with Crippen molar-refractivity contribution in [3.05, 3.63) is 86.2 Å². The number of Topliss-reactive ketones (excluding diaryl/α,β-unsaturated/α-hetero) is 1. The zero-order valence-electron chi connectivity index (χ0n) is 24.5. The molecule has 3 aromatic rings. The van der Waals surface area contributed by atoms with Crippen LogP contribution in [0.1, 0.15) is 32.3 Å². The number of rotatable bonds is 15. The van der Waals surface area contributed by atoms with E-state index < -0.39 is 44.6 Å². The molecule has 0 aromatic heterocycles. The van der Waals surface area contributed by atoms with E-state index in [9.17, 15) is 39.0 Å². The fourth-order valence-corrected chi connectivity index (χ4v) is 4.01. The third-order valence-electron chi connectivity index (χ3n) is 6.24. The second-order valence-electron chi connectivity index (χ2n) is 9.44. The first-order chi connectivity index (χ1) is 21.4. The molecule has 0 heterocycles. The molecule has 3 rings (SSSR count). The lowest BCUT2D eigenvalue weighted by Crippen LogP contribution is -2.27. The maximum atomic E-state index is 14.3. The molecule has 16 heteroatoms. The number of methoxy groups -OCH3 is 1. The average molecular weight is 625 g/mol. The molecule has 0 fully saturated rings. The second-order valence-corrected chi connectivity index (χ2v) is 9.44. The summed E-state index contributed by atoms with van der Waals surface area (Å²) in [5.41, 5.74) is -1.26. The zero-order valence-corrected chi connectivity index (χ0v) is 24.5. The number of nitrogens with zero attached hydrogens (tertiary/aromatic N) is 5. The fourth-order valence-electron chi connectivity index (χ4n) is 4.01. The van der Waals surface area contributed by atoms with Gasteiger partial charge in [-0.3, -0.25) is 34.6 Å². The predicted molar refractivity (Wildman–Crippen MR) is 160 cm³/mol. The van der Waals surface area contributed by atoms with Crippen molar-refractivity contribution in [2.45, 2.75) is 33.2 Å². The summed E-state index contributed by atoms with van der Waals surface area (Å²) >= 11 is 0. The van der Waals surface area contributed by atoms with Crippen LogP contribution >= 0.6 is 0 Å². The molecular formula is C29H29FN6O9. The van der Waals surface area contributed by atoms with Crippen molar-refractivity contribution in [1.82, 2.24) is 0 Å². The van der Waals surface area contributed by atoms with Gasteiger partial charge in [0.2, 0.25) is 11.7 Å². The van der Waals surface area contributed by atoms with E-state index in [1.807, 2.05) is 30.3 Å². The van der Waals surface area contributed by atoms with Gasteiger partial charge in [-0.15, -0.1) is 10.2 Å². The normalized spacial score (nSPS) is 10.8. The van der Waals surface area contributed by atoms with Crippen LogP contribution in [0.15, 0.2) is 64.8 Å². The van der Waals surface area contributed by atoms with Crippen LogP contribution in [0, 0.1) is 26.0 Å². The van der Waals surface area contributed by atoms with Gasteiger partial charge in [-0.25, -0.2) is 0 Å². The summed E-state index contributed by atoms with van der Waals surface area (Å²) in [6.45, 7) is 2.95. The van der Waals surface area contributed by atoms with Gasteiger partial charge in [-0.2, -0.15) is 4.39 Å². The topological polar surface area (TPSA) is 196 Å². The second kappa shape index (κ2) is 15.6. The molecule has 0 unspecified atom stereocenters. The molecule has 1 amide bonds. The number of ketones is 1. The maximum absolute atomic E-state index is 14.3. The van der Waals surface area contributed by atoms with Crippen molar-refractivity contribution < 1.29 is 38.1 Å². The van der Waals surface area contributed by atoms with E-state index in [-0.39, 0.29) is 55.4 Å². The Balaban J connectivity index is 2.06. The monoisotopic (exact) mass is 624 g/mol. The number of carbonyl (C=O) groups is 3. The number of esters is 1. The van der Waals surface area contributed by atoms with Crippen molar-refractivity contribution in [1.29, 1.82) is 0 Å². The van der Waals surface area contributed by atoms with Crippen molar-refractivity contribution in [3.63, 3.8) is 0 Å². The number of benzene rings is 3. The number of nitrogens with one attached hydrogen (secondary N) is 1. The number of hydrogen-bond donors (Lipinski definition) is 1. The third-order valence-corrected chi connectivity index (χ3v) is 6.24. The largest absolute Gasteiger partial charge is 0.494 e. The van der Waals surface area contributed by atoms with Gasteiger partial charge in [-0.05, 0) is 11.6 Å². The fraction of sp³-hybridized carbons (Fsp3) is 0.276. The van der Waals surface area contributed by atoms with Crippen molar-refractivity contribution in [3.8, 4) is 5.75 Å². The first kappa shape index (κ1) is 33.7. The summed E-state index contributed by atoms with van der Waals surface area (Å²) in [7, 11) is 1.36. The van der Waals surface area contributed by atoms with Crippen LogP contribution in [0.4, 0.5) is 38.5 Å². The molecule has 0 bridgehead atoms. The molecule has 0 aliphatic rings. The maximum Gasteiger partial charge on any atom is 0.311 e. The molecule has 1 N–H and O–H groups in total. The number of hydrogen-bond acceptors (Lipinski definition) is 12. The van der Waals surface area contributed by atoms with Gasteiger partial charge in [0.05, 0.1) is 40.8 Å². The molecule has 15 nitrogen and oxygen atoms in total. The first-order valence-electron chi connectivity index (χ1n) is 13.4. The highest BCUT2D eigenvalue weighted by atomic mass is 19.1. The number of azo groups is 1. The minimum Gasteiger partial charge on any atom is -0.494 e. The lowest BCUT2D eigenvalue weighted by Gasteiger charge is -2.27. The Morgan fingerprint density at radius 2 is 1.64 bits per heavy atom. The Labute approximate surface area is 255 Å². The molecule has 236 valence electrons. The Kier molecular flexibility index (Phi) is 11.7. The predicted octanol–water partition coefficient (Wildman–Crippen LogP) is 5.94. The number of anilines is 2. The van der Waals surface area contributed by atoms with Crippen molar-refractivity contribution in [2.24, 2.45) is 10.2 Å². The number of nitro groups is 2. The minimum absolute atomic E-state index is 0.0454. The van der Waals surface area contributed by atoms with Crippen LogP contribution in [0.25, 0.3) is 0 Å². The van der Waals surface area contributed by atoms with Gasteiger partial charge < -0.3 is 19.7 Å². The number of halogens is 1.